The lowest BCUT2D eigenvalue weighted by atomic mass is 9.91. The van der Waals surface area contributed by atoms with Gasteiger partial charge in [-0.15, -0.1) is 0 Å². The first-order chi connectivity index (χ1) is 19.7. The number of H-pyrrole nitrogens is 1. The van der Waals surface area contributed by atoms with Gasteiger partial charge in [0.2, 0.25) is 15.9 Å². The molecule has 14 heteroatoms. The van der Waals surface area contributed by atoms with Crippen molar-refractivity contribution in [1.82, 2.24) is 29.4 Å². The zero-order valence-corrected chi connectivity index (χ0v) is 24.3. The number of nitrogens with two attached hydrogens (primary N) is 1. The number of nitrogens with one attached hydrogen (secondary N) is 2. The lowest BCUT2D eigenvalue weighted by Gasteiger charge is -2.33. The Morgan fingerprint density at radius 3 is 2.51 bits per heavy atom. The number of hydrogen-bond acceptors (Lipinski definition) is 9. The van der Waals surface area contributed by atoms with E-state index in [1.54, 1.807) is 19.2 Å². The molecular formula is C27H36N8O5S. The minimum absolute atomic E-state index is 0.0381. The topological polar surface area (TPSA) is 176 Å². The monoisotopic (exact) mass is 584 g/mol. The summed E-state index contributed by atoms with van der Waals surface area (Å²) in [6.07, 6.45) is 4.25. The van der Waals surface area contributed by atoms with E-state index in [0.29, 0.717) is 44.0 Å². The minimum atomic E-state index is -3.89. The normalized spacial score (nSPS) is 15.4. The number of amides is 2. The van der Waals surface area contributed by atoms with Gasteiger partial charge in [0.15, 0.2) is 5.69 Å². The molecule has 0 radical (unpaired) electrons. The molecule has 1 atom stereocenters. The molecule has 1 unspecified atom stereocenters. The quantitative estimate of drug-likeness (QED) is 0.288. The Hall–Kier alpha value is -3.88. The molecule has 0 bridgehead atoms. The molecule has 3 aromatic rings. The summed E-state index contributed by atoms with van der Waals surface area (Å²) < 4.78 is 33.9. The molecule has 13 nitrogen and oxygen atoms in total. The second kappa shape index (κ2) is 13.2. The Bertz CT molecular complexity index is 1470. The molecule has 0 spiro atoms. The minimum Gasteiger partial charge on any atom is -0.476 e. The Morgan fingerprint density at radius 1 is 1.15 bits per heavy atom. The van der Waals surface area contributed by atoms with Crippen LogP contribution in [0.2, 0.25) is 0 Å². The molecule has 4 heterocycles. The third-order valence-corrected chi connectivity index (χ3v) is 8.86. The fourth-order valence-corrected chi connectivity index (χ4v) is 6.26. The van der Waals surface area contributed by atoms with Crippen LogP contribution in [-0.2, 0) is 10.0 Å². The van der Waals surface area contributed by atoms with Crippen LogP contribution >= 0.6 is 0 Å². The Kier molecular flexibility index (Phi) is 9.68. The highest BCUT2D eigenvalue weighted by molar-refractivity contribution is 7.89. The van der Waals surface area contributed by atoms with Crippen molar-refractivity contribution in [3.8, 4) is 5.88 Å². The van der Waals surface area contributed by atoms with Gasteiger partial charge in [-0.3, -0.25) is 19.7 Å². The molecule has 1 saturated heterocycles. The van der Waals surface area contributed by atoms with Crippen molar-refractivity contribution >= 4 is 27.5 Å². The van der Waals surface area contributed by atoms with Gasteiger partial charge in [-0.25, -0.2) is 13.4 Å². The van der Waals surface area contributed by atoms with Crippen molar-refractivity contribution in [2.75, 3.05) is 44.6 Å². The third-order valence-electron chi connectivity index (χ3n) is 7.00. The largest absolute Gasteiger partial charge is 0.476 e. The number of piperazine rings is 1. The van der Waals surface area contributed by atoms with E-state index < -0.39 is 21.8 Å². The summed E-state index contributed by atoms with van der Waals surface area (Å²) in [5.41, 5.74) is 6.41. The van der Waals surface area contributed by atoms with E-state index in [1.807, 2.05) is 26.0 Å². The van der Waals surface area contributed by atoms with Gasteiger partial charge in [-0.1, -0.05) is 26.3 Å². The zero-order valence-electron chi connectivity index (χ0n) is 23.5. The maximum Gasteiger partial charge on any atom is 0.270 e. The highest BCUT2D eigenvalue weighted by Crippen LogP contribution is 2.32. The highest BCUT2D eigenvalue weighted by Gasteiger charge is 2.32. The van der Waals surface area contributed by atoms with E-state index in [9.17, 15) is 18.0 Å². The molecule has 0 aliphatic carbocycles. The standard InChI is InChI=1S/C27H36N8O5S/c1-4-9-19(20-10-7-8-11-29-20)23-22(24(25(28)36)33-32-23)26(37)31-21-16-18(17-30-27(21)40-6-3)41(38,39)35-14-12-34(5-2)13-15-35/h7-8,10-11,16-17,19H,4-6,9,12-15H2,1-3H3,(H2,28,36)(H,31,37)(H,32,33). The van der Waals surface area contributed by atoms with E-state index in [4.69, 9.17) is 10.5 Å². The van der Waals surface area contributed by atoms with Crippen LogP contribution < -0.4 is 15.8 Å². The summed E-state index contributed by atoms with van der Waals surface area (Å²) in [5.74, 6) is -1.94. The average Bonchev–Trinajstić information content (AvgIpc) is 3.43. The molecule has 0 saturated carbocycles. The van der Waals surface area contributed by atoms with Crippen LogP contribution in [0, 0.1) is 0 Å². The lowest BCUT2D eigenvalue weighted by molar-refractivity contribution is 0.0973. The smallest absolute Gasteiger partial charge is 0.270 e. The van der Waals surface area contributed by atoms with Crippen LogP contribution in [0.5, 0.6) is 5.88 Å². The fraction of sp³-hybridized carbons (Fsp3) is 0.444. The van der Waals surface area contributed by atoms with Crippen LogP contribution in [0.3, 0.4) is 0 Å². The summed E-state index contributed by atoms with van der Waals surface area (Å²) in [6, 6.07) is 6.78. The van der Waals surface area contributed by atoms with Crippen molar-refractivity contribution in [2.45, 2.75) is 44.4 Å². The SMILES string of the molecule is CCCC(c1ccccn1)c1[nH]nc(C(N)=O)c1C(=O)Nc1cc(S(=O)(=O)N2CCN(CC)CC2)cnc1OCC. The third kappa shape index (κ3) is 6.55. The number of aromatic nitrogens is 4. The van der Waals surface area contributed by atoms with Crippen molar-refractivity contribution in [3.63, 3.8) is 0 Å². The van der Waals surface area contributed by atoms with Gasteiger partial charge in [0.05, 0.1) is 24.1 Å². The van der Waals surface area contributed by atoms with E-state index in [0.717, 1.165) is 13.0 Å². The van der Waals surface area contributed by atoms with E-state index in [1.165, 1.54) is 16.6 Å². The predicted molar refractivity (Wildman–Crippen MR) is 152 cm³/mol. The fourth-order valence-electron chi connectivity index (χ4n) is 4.86. The number of ether oxygens (including phenoxy) is 1. The van der Waals surface area contributed by atoms with Crippen LogP contribution in [0.4, 0.5) is 5.69 Å². The number of hydrogen-bond donors (Lipinski definition) is 3. The van der Waals surface area contributed by atoms with Crippen molar-refractivity contribution in [3.05, 3.63) is 59.3 Å². The molecule has 41 heavy (non-hydrogen) atoms. The lowest BCUT2D eigenvalue weighted by Crippen LogP contribution is -2.48. The van der Waals surface area contributed by atoms with E-state index in [-0.39, 0.29) is 40.2 Å². The van der Waals surface area contributed by atoms with Gasteiger partial charge in [0.1, 0.15) is 10.6 Å². The van der Waals surface area contributed by atoms with E-state index >= 15 is 0 Å². The number of aromatic amines is 1. The molecule has 220 valence electrons. The number of rotatable bonds is 12. The maximum atomic E-state index is 13.8. The number of carbonyl (C=O) groups is 2. The van der Waals surface area contributed by atoms with Crippen LogP contribution in [0.15, 0.2) is 41.6 Å². The first-order valence-corrected chi connectivity index (χ1v) is 15.1. The maximum absolute atomic E-state index is 13.8. The van der Waals surface area contributed by atoms with Crippen LogP contribution in [-0.4, -0.2) is 88.9 Å². The van der Waals surface area contributed by atoms with Crippen LogP contribution in [0.1, 0.15) is 71.8 Å². The second-order valence-electron chi connectivity index (χ2n) is 9.57. The van der Waals surface area contributed by atoms with Crippen molar-refractivity contribution in [2.24, 2.45) is 5.73 Å². The first kappa shape index (κ1) is 30.1. The number of sulfonamides is 1. The number of nitrogens with zero attached hydrogens (tertiary/aromatic N) is 5. The molecule has 0 aromatic carbocycles. The second-order valence-corrected chi connectivity index (χ2v) is 11.5. The summed E-state index contributed by atoms with van der Waals surface area (Å²) >= 11 is 0. The molecule has 2 amide bonds. The number of anilines is 1. The molecule has 4 N–H and O–H groups in total. The van der Waals surface area contributed by atoms with Gasteiger partial charge in [-0.05, 0) is 38.1 Å². The molecule has 1 fully saturated rings. The highest BCUT2D eigenvalue weighted by atomic mass is 32.2. The summed E-state index contributed by atoms with van der Waals surface area (Å²) in [5, 5.41) is 9.59. The Morgan fingerprint density at radius 2 is 1.90 bits per heavy atom. The van der Waals surface area contributed by atoms with Gasteiger partial charge in [-0.2, -0.15) is 9.40 Å². The number of primary amides is 1. The van der Waals surface area contributed by atoms with Gasteiger partial charge < -0.3 is 20.7 Å². The number of pyridine rings is 2. The summed E-state index contributed by atoms with van der Waals surface area (Å²) in [7, 11) is -3.89. The zero-order chi connectivity index (χ0) is 29.6. The molecule has 1 aliphatic rings. The Labute approximate surface area is 239 Å². The van der Waals surface area contributed by atoms with Gasteiger partial charge in [0, 0.05) is 44.0 Å². The summed E-state index contributed by atoms with van der Waals surface area (Å²) in [4.78, 5) is 36.8. The molecule has 4 rings (SSSR count). The molecule has 1 aliphatic heterocycles. The van der Waals surface area contributed by atoms with Crippen molar-refractivity contribution < 1.29 is 22.7 Å². The van der Waals surface area contributed by atoms with Gasteiger partial charge in [0.25, 0.3) is 11.8 Å². The number of carbonyl (C=O) groups excluding carboxylic acids is 2. The van der Waals surface area contributed by atoms with Crippen molar-refractivity contribution in [1.29, 1.82) is 0 Å². The molecule has 3 aromatic heterocycles. The van der Waals surface area contributed by atoms with Crippen LogP contribution in [0.25, 0.3) is 0 Å². The number of likely N-dealkylation sites (N-methyl/N-ethyl adjacent to an activating group) is 1. The van der Waals surface area contributed by atoms with Gasteiger partial charge >= 0.3 is 0 Å². The molecular weight excluding hydrogens is 548 g/mol. The predicted octanol–water partition coefficient (Wildman–Crippen LogP) is 2.21. The Balaban J connectivity index is 1.72. The average molecular weight is 585 g/mol. The first-order valence-electron chi connectivity index (χ1n) is 13.7. The van der Waals surface area contributed by atoms with E-state index in [2.05, 4.69) is 30.4 Å². The summed E-state index contributed by atoms with van der Waals surface area (Å²) in [6.45, 7) is 8.78.